The van der Waals surface area contributed by atoms with Gasteiger partial charge in [-0.25, -0.2) is 4.79 Å². The monoisotopic (exact) mass is 453 g/mol. The molecule has 0 radical (unpaired) electrons. The summed E-state index contributed by atoms with van der Waals surface area (Å²) in [7, 11) is 3.22. The highest BCUT2D eigenvalue weighted by molar-refractivity contribution is 6.12. The lowest BCUT2D eigenvalue weighted by Gasteiger charge is -2.31. The van der Waals surface area contributed by atoms with Gasteiger partial charge in [-0.2, -0.15) is 0 Å². The maximum atomic E-state index is 13.6. The van der Waals surface area contributed by atoms with Gasteiger partial charge < -0.3 is 23.9 Å². The number of fused-ring (bicyclic) bond motifs is 3. The van der Waals surface area contributed by atoms with Crippen molar-refractivity contribution in [1.82, 2.24) is 0 Å². The van der Waals surface area contributed by atoms with Gasteiger partial charge >= 0.3 is 5.97 Å². The molecule has 176 valence electrons. The number of hydrogen-bond donors (Lipinski definition) is 1. The average Bonchev–Trinajstić information content (AvgIpc) is 3.16. The fraction of sp³-hybridized carbons (Fsp3) is 0.462. The van der Waals surface area contributed by atoms with Crippen molar-refractivity contribution in [3.05, 3.63) is 41.5 Å². The molecule has 7 nitrogen and oxygen atoms in total. The van der Waals surface area contributed by atoms with E-state index in [-0.39, 0.29) is 23.9 Å². The summed E-state index contributed by atoms with van der Waals surface area (Å²) in [6, 6.07) is 9.07. The summed E-state index contributed by atoms with van der Waals surface area (Å²) in [6.45, 7) is 3.27. The molecular formula is C26H31NO6. The molecule has 0 bridgehead atoms. The number of carboxylic acid groups (broad SMARTS) is 1. The Kier molecular flexibility index (Phi) is 7.00. The topological polar surface area (TPSA) is 89.2 Å². The molecule has 0 aliphatic heterocycles. The Morgan fingerprint density at radius 3 is 2.42 bits per heavy atom. The van der Waals surface area contributed by atoms with Crippen molar-refractivity contribution < 1.29 is 28.6 Å². The fourth-order valence-electron chi connectivity index (χ4n) is 4.77. The van der Waals surface area contributed by atoms with Gasteiger partial charge in [-0.05, 0) is 61.4 Å². The third-order valence-electron chi connectivity index (χ3n) is 6.63. The van der Waals surface area contributed by atoms with Crippen molar-refractivity contribution >= 4 is 39.5 Å². The summed E-state index contributed by atoms with van der Waals surface area (Å²) in [5, 5.41) is 11.6. The number of carboxylic acids is 1. The Hall–Kier alpha value is -2.90. The number of carbonyl (C=O) groups excluding carboxylic acids is 1. The molecule has 1 aliphatic rings. The van der Waals surface area contributed by atoms with Gasteiger partial charge in [0.25, 0.3) is 0 Å². The molecule has 2 aromatic carbocycles. The van der Waals surface area contributed by atoms with E-state index >= 15 is 0 Å². The van der Waals surface area contributed by atoms with Crippen molar-refractivity contribution in [2.24, 2.45) is 11.8 Å². The number of amides is 1. The molecule has 0 saturated heterocycles. The Balaban J connectivity index is 1.83. The number of carbonyl (C=O) groups is 2. The van der Waals surface area contributed by atoms with Gasteiger partial charge in [0, 0.05) is 37.5 Å². The highest BCUT2D eigenvalue weighted by Crippen LogP contribution is 2.37. The highest BCUT2D eigenvalue weighted by atomic mass is 16.5. The van der Waals surface area contributed by atoms with Gasteiger partial charge in [-0.15, -0.1) is 0 Å². The van der Waals surface area contributed by atoms with E-state index in [9.17, 15) is 14.7 Å². The zero-order valence-electron chi connectivity index (χ0n) is 19.4. The van der Waals surface area contributed by atoms with E-state index in [1.54, 1.807) is 25.2 Å². The Bertz CT molecular complexity index is 1160. The quantitative estimate of drug-likeness (QED) is 0.502. The van der Waals surface area contributed by atoms with Crippen LogP contribution >= 0.6 is 0 Å². The van der Waals surface area contributed by atoms with Crippen molar-refractivity contribution in [3.8, 4) is 0 Å². The molecule has 1 N–H and O–H groups in total. The molecule has 1 aromatic heterocycles. The van der Waals surface area contributed by atoms with Gasteiger partial charge in [0.1, 0.15) is 11.2 Å². The van der Waals surface area contributed by atoms with Crippen LogP contribution in [-0.2, 0) is 20.9 Å². The van der Waals surface area contributed by atoms with Crippen molar-refractivity contribution in [2.45, 2.75) is 39.2 Å². The first-order valence-corrected chi connectivity index (χ1v) is 11.4. The molecule has 0 unspecified atom stereocenters. The average molecular weight is 454 g/mol. The standard InChI is InChI=1S/C26H31NO6/c1-16-4-7-18(8-5-16)25(28)27(10-11-31-2)22-13-20-19-12-17(15-32-3)6-9-23(19)33-24(20)14-21(22)26(29)30/h6,9,12-14,16,18H,4-5,7-8,10-11,15H2,1-3H3,(H,29,30). The van der Waals surface area contributed by atoms with Gasteiger partial charge in [-0.3, -0.25) is 4.79 Å². The molecule has 1 amide bonds. The third kappa shape index (κ3) is 4.75. The summed E-state index contributed by atoms with van der Waals surface area (Å²) >= 11 is 0. The van der Waals surface area contributed by atoms with Crippen LogP contribution in [0, 0.1) is 11.8 Å². The number of ether oxygens (including phenoxy) is 2. The van der Waals surface area contributed by atoms with Crippen LogP contribution in [0.25, 0.3) is 21.9 Å². The molecule has 0 spiro atoms. The van der Waals surface area contributed by atoms with Crippen molar-refractivity contribution in [1.29, 1.82) is 0 Å². The highest BCUT2D eigenvalue weighted by Gasteiger charge is 2.31. The number of benzene rings is 2. The molecule has 33 heavy (non-hydrogen) atoms. The van der Waals surface area contributed by atoms with Crippen LogP contribution in [0.2, 0.25) is 0 Å². The number of furan rings is 1. The largest absolute Gasteiger partial charge is 0.478 e. The minimum Gasteiger partial charge on any atom is -0.478 e. The van der Waals surface area contributed by atoms with E-state index in [0.717, 1.165) is 42.0 Å². The second-order valence-electron chi connectivity index (χ2n) is 8.98. The predicted octanol–water partition coefficient (Wildman–Crippen LogP) is 5.24. The normalized spacial score (nSPS) is 18.6. The molecule has 4 rings (SSSR count). The maximum Gasteiger partial charge on any atom is 0.337 e. The smallest absolute Gasteiger partial charge is 0.337 e. The summed E-state index contributed by atoms with van der Waals surface area (Å²) in [4.78, 5) is 27.4. The number of nitrogens with zero attached hydrogens (tertiary/aromatic N) is 1. The molecule has 0 atom stereocenters. The van der Waals surface area contributed by atoms with Crippen molar-refractivity contribution in [2.75, 3.05) is 32.3 Å². The summed E-state index contributed by atoms with van der Waals surface area (Å²) in [6.07, 6.45) is 3.66. The van der Waals surface area contributed by atoms with E-state index in [1.165, 1.54) is 6.07 Å². The van der Waals surface area contributed by atoms with Crippen LogP contribution in [0.1, 0.15) is 48.5 Å². The van der Waals surface area contributed by atoms with Gasteiger partial charge in [0.05, 0.1) is 24.5 Å². The van der Waals surface area contributed by atoms with Gasteiger partial charge in [0.2, 0.25) is 5.91 Å². The Morgan fingerprint density at radius 1 is 1.03 bits per heavy atom. The molecule has 1 fully saturated rings. The fourth-order valence-corrected chi connectivity index (χ4v) is 4.77. The SMILES string of the molecule is COCCN(C(=O)C1CCC(C)CC1)c1cc2c(cc1C(=O)O)oc1ccc(COC)cc12. The first-order chi connectivity index (χ1) is 15.9. The first kappa shape index (κ1) is 23.3. The Labute approximate surface area is 193 Å². The van der Waals surface area contributed by atoms with Gasteiger partial charge in [-0.1, -0.05) is 13.0 Å². The summed E-state index contributed by atoms with van der Waals surface area (Å²) in [5.74, 6) is -0.621. The minimum absolute atomic E-state index is 0.0336. The molecule has 1 heterocycles. The van der Waals surface area contributed by atoms with Crippen LogP contribution in [0.3, 0.4) is 0 Å². The number of methoxy groups -OCH3 is 2. The number of hydrogen-bond acceptors (Lipinski definition) is 5. The summed E-state index contributed by atoms with van der Waals surface area (Å²) in [5.41, 5.74) is 2.56. The molecular weight excluding hydrogens is 422 g/mol. The number of aromatic carboxylic acids is 1. The van der Waals surface area contributed by atoms with Crippen LogP contribution in [-0.4, -0.2) is 44.4 Å². The van der Waals surface area contributed by atoms with E-state index < -0.39 is 5.97 Å². The molecule has 7 heteroatoms. The van der Waals surface area contributed by atoms with E-state index in [2.05, 4.69) is 6.92 Å². The second kappa shape index (κ2) is 9.93. The first-order valence-electron chi connectivity index (χ1n) is 11.4. The van der Waals surface area contributed by atoms with Gasteiger partial charge in [0.15, 0.2) is 0 Å². The molecule has 1 aliphatic carbocycles. The minimum atomic E-state index is -1.10. The number of rotatable bonds is 8. The lowest BCUT2D eigenvalue weighted by Crippen LogP contribution is -2.40. The van der Waals surface area contributed by atoms with Crippen LogP contribution in [0.15, 0.2) is 34.7 Å². The van der Waals surface area contributed by atoms with Crippen LogP contribution in [0.5, 0.6) is 0 Å². The van der Waals surface area contributed by atoms with E-state index in [1.807, 2.05) is 18.2 Å². The Morgan fingerprint density at radius 2 is 1.76 bits per heavy atom. The van der Waals surface area contributed by atoms with E-state index in [0.29, 0.717) is 36.0 Å². The van der Waals surface area contributed by atoms with Crippen LogP contribution in [0.4, 0.5) is 5.69 Å². The lowest BCUT2D eigenvalue weighted by molar-refractivity contribution is -0.123. The maximum absolute atomic E-state index is 13.6. The summed E-state index contributed by atoms with van der Waals surface area (Å²) < 4.78 is 16.5. The zero-order valence-corrected chi connectivity index (χ0v) is 19.4. The lowest BCUT2D eigenvalue weighted by atomic mass is 9.82. The van der Waals surface area contributed by atoms with E-state index in [4.69, 9.17) is 13.9 Å². The second-order valence-corrected chi connectivity index (χ2v) is 8.98. The number of anilines is 1. The predicted molar refractivity (Wildman–Crippen MR) is 127 cm³/mol. The third-order valence-corrected chi connectivity index (χ3v) is 6.63. The van der Waals surface area contributed by atoms with Crippen LogP contribution < -0.4 is 4.90 Å². The molecule has 1 saturated carbocycles. The van der Waals surface area contributed by atoms with Crippen molar-refractivity contribution in [3.63, 3.8) is 0 Å². The zero-order chi connectivity index (χ0) is 23.5. The molecule has 3 aromatic rings.